The molecule has 0 spiro atoms. The van der Waals surface area contributed by atoms with Crippen LogP contribution in [0.4, 0.5) is 10.6 Å². The number of methoxy groups -OCH3 is 1. The maximum Gasteiger partial charge on any atom is 0.317 e. The van der Waals surface area contributed by atoms with E-state index in [0.29, 0.717) is 17.3 Å². The molecule has 1 N–H and O–H groups in total. The van der Waals surface area contributed by atoms with E-state index in [9.17, 15) is 4.79 Å². The predicted molar refractivity (Wildman–Crippen MR) is 105 cm³/mol. The van der Waals surface area contributed by atoms with Crippen LogP contribution >= 0.6 is 11.6 Å². The summed E-state index contributed by atoms with van der Waals surface area (Å²) in [5.74, 6) is 1.45. The van der Waals surface area contributed by atoms with E-state index in [4.69, 9.17) is 16.3 Å². The summed E-state index contributed by atoms with van der Waals surface area (Å²) in [6, 6.07) is 9.33. The molecule has 0 radical (unpaired) electrons. The van der Waals surface area contributed by atoms with Crippen molar-refractivity contribution in [3.8, 4) is 5.75 Å². The van der Waals surface area contributed by atoms with Crippen molar-refractivity contribution in [1.29, 1.82) is 0 Å². The zero-order valence-corrected chi connectivity index (χ0v) is 16.3. The molecule has 1 fully saturated rings. The van der Waals surface area contributed by atoms with Crippen LogP contribution in [0, 0.1) is 0 Å². The van der Waals surface area contributed by atoms with Crippen molar-refractivity contribution in [3.05, 3.63) is 47.1 Å². The average Bonchev–Trinajstić information content (AvgIpc) is 2.73. The minimum atomic E-state index is -0.102. The normalized spacial score (nSPS) is 16.7. The van der Waals surface area contributed by atoms with Crippen LogP contribution in [-0.2, 0) is 6.54 Å². The summed E-state index contributed by atoms with van der Waals surface area (Å²) in [6.45, 7) is 2.09. The summed E-state index contributed by atoms with van der Waals surface area (Å²) in [4.78, 5) is 16.5. The highest BCUT2D eigenvalue weighted by atomic mass is 35.5. The molecule has 1 aromatic heterocycles. The molecule has 0 unspecified atom stereocenters. The highest BCUT2D eigenvalue weighted by molar-refractivity contribution is 6.32. The number of carbonyl (C=O) groups is 1. The fourth-order valence-electron chi connectivity index (χ4n) is 3.22. The number of anilines is 1. The number of carbonyl (C=O) groups excluding carboxylic acids is 1. The fourth-order valence-corrected chi connectivity index (χ4v) is 3.42. The maximum atomic E-state index is 12.6. The molecule has 8 heteroatoms. The first-order valence-corrected chi connectivity index (χ1v) is 9.32. The van der Waals surface area contributed by atoms with Gasteiger partial charge in [0.15, 0.2) is 5.82 Å². The molecule has 2 aromatic rings. The first-order valence-electron chi connectivity index (χ1n) is 8.94. The number of likely N-dealkylation sites (N-methyl/N-ethyl adjacent to an activating group) is 1. The van der Waals surface area contributed by atoms with E-state index in [0.717, 1.165) is 37.3 Å². The molecule has 0 aliphatic carbocycles. The van der Waals surface area contributed by atoms with Crippen LogP contribution in [0.2, 0.25) is 5.02 Å². The third-order valence-electron chi connectivity index (χ3n) is 4.81. The number of rotatable bonds is 5. The number of nitrogens with zero attached hydrogens (tertiary/aromatic N) is 4. The number of hydrogen-bond acceptors (Lipinski definition) is 5. The molecule has 27 heavy (non-hydrogen) atoms. The molecule has 1 aliphatic heterocycles. The van der Waals surface area contributed by atoms with Gasteiger partial charge >= 0.3 is 6.03 Å². The highest BCUT2D eigenvalue weighted by Gasteiger charge is 2.26. The lowest BCUT2D eigenvalue weighted by Gasteiger charge is -2.37. The smallest absolute Gasteiger partial charge is 0.317 e. The van der Waals surface area contributed by atoms with Gasteiger partial charge in [0, 0.05) is 32.9 Å². The predicted octanol–water partition coefficient (Wildman–Crippen LogP) is 2.95. The SMILES string of the molecule is COc1cc(CNC(=O)N(C)[C@@H]2CCCN(c3cccnn3)C2)ccc1Cl. The van der Waals surface area contributed by atoms with E-state index >= 15 is 0 Å². The minimum absolute atomic E-state index is 0.102. The van der Waals surface area contributed by atoms with Gasteiger partial charge < -0.3 is 19.9 Å². The van der Waals surface area contributed by atoms with E-state index in [2.05, 4.69) is 20.4 Å². The third kappa shape index (κ3) is 4.80. The molecule has 0 bridgehead atoms. The second kappa shape index (κ2) is 8.90. The van der Waals surface area contributed by atoms with Gasteiger partial charge in [-0.2, -0.15) is 5.10 Å². The number of benzene rings is 1. The van der Waals surface area contributed by atoms with Gasteiger partial charge in [0.25, 0.3) is 0 Å². The van der Waals surface area contributed by atoms with Crippen LogP contribution in [0.5, 0.6) is 5.75 Å². The lowest BCUT2D eigenvalue weighted by atomic mass is 10.0. The Labute approximate surface area is 164 Å². The Morgan fingerprint density at radius 1 is 1.44 bits per heavy atom. The third-order valence-corrected chi connectivity index (χ3v) is 5.12. The van der Waals surface area contributed by atoms with E-state index in [1.54, 1.807) is 24.3 Å². The summed E-state index contributed by atoms with van der Waals surface area (Å²) in [6.07, 6.45) is 3.64. The van der Waals surface area contributed by atoms with E-state index < -0.39 is 0 Å². The van der Waals surface area contributed by atoms with Gasteiger partial charge in [0.05, 0.1) is 18.2 Å². The summed E-state index contributed by atoms with van der Waals surface area (Å²) in [5, 5.41) is 11.6. The summed E-state index contributed by atoms with van der Waals surface area (Å²) in [5.41, 5.74) is 0.933. The Bertz CT molecular complexity index is 774. The van der Waals surface area contributed by atoms with Gasteiger partial charge in [0.2, 0.25) is 0 Å². The van der Waals surface area contributed by atoms with Crippen LogP contribution in [0.3, 0.4) is 0 Å². The second-order valence-corrected chi connectivity index (χ2v) is 6.97. The van der Waals surface area contributed by atoms with Gasteiger partial charge in [-0.05, 0) is 42.7 Å². The number of nitrogens with one attached hydrogen (secondary N) is 1. The number of urea groups is 1. The van der Waals surface area contributed by atoms with Gasteiger partial charge in [-0.3, -0.25) is 0 Å². The Morgan fingerprint density at radius 3 is 3.04 bits per heavy atom. The number of amides is 2. The molecular weight excluding hydrogens is 366 g/mol. The molecule has 2 amide bonds. The Balaban J connectivity index is 1.56. The van der Waals surface area contributed by atoms with Crippen molar-refractivity contribution in [2.75, 3.05) is 32.1 Å². The van der Waals surface area contributed by atoms with Crippen molar-refractivity contribution in [2.24, 2.45) is 0 Å². The lowest BCUT2D eigenvalue weighted by Crippen LogP contribution is -2.51. The molecule has 1 saturated heterocycles. The van der Waals surface area contributed by atoms with Gasteiger partial charge in [-0.25, -0.2) is 4.79 Å². The van der Waals surface area contributed by atoms with Crippen molar-refractivity contribution >= 4 is 23.4 Å². The highest BCUT2D eigenvalue weighted by Crippen LogP contribution is 2.25. The Morgan fingerprint density at radius 2 is 2.30 bits per heavy atom. The number of piperidine rings is 1. The van der Waals surface area contributed by atoms with Gasteiger partial charge in [-0.1, -0.05) is 17.7 Å². The van der Waals surface area contributed by atoms with Crippen molar-refractivity contribution in [2.45, 2.75) is 25.4 Å². The maximum absolute atomic E-state index is 12.6. The topological polar surface area (TPSA) is 70.6 Å². The van der Waals surface area contributed by atoms with E-state index in [-0.39, 0.29) is 12.1 Å². The molecule has 7 nitrogen and oxygen atoms in total. The van der Waals surface area contributed by atoms with E-state index in [1.165, 1.54) is 0 Å². The number of hydrogen-bond donors (Lipinski definition) is 1. The van der Waals surface area contributed by atoms with E-state index in [1.807, 2.05) is 31.3 Å². The second-order valence-electron chi connectivity index (χ2n) is 6.56. The zero-order chi connectivity index (χ0) is 19.2. The summed E-state index contributed by atoms with van der Waals surface area (Å²) in [7, 11) is 3.41. The summed E-state index contributed by atoms with van der Waals surface area (Å²) >= 11 is 6.04. The van der Waals surface area contributed by atoms with Gasteiger partial charge in [0.1, 0.15) is 5.75 Å². The summed E-state index contributed by atoms with van der Waals surface area (Å²) < 4.78 is 5.22. The first-order chi connectivity index (χ1) is 13.1. The quantitative estimate of drug-likeness (QED) is 0.851. The lowest BCUT2D eigenvalue weighted by molar-refractivity contribution is 0.182. The fraction of sp³-hybridized carbons (Fsp3) is 0.421. The Hall–Kier alpha value is -2.54. The number of aromatic nitrogens is 2. The molecule has 144 valence electrons. The van der Waals surface area contributed by atoms with Crippen LogP contribution in [0.15, 0.2) is 36.5 Å². The molecule has 1 atom stereocenters. The van der Waals surface area contributed by atoms with Crippen LogP contribution < -0.4 is 15.0 Å². The van der Waals surface area contributed by atoms with Crippen molar-refractivity contribution in [3.63, 3.8) is 0 Å². The Kier molecular flexibility index (Phi) is 6.34. The largest absolute Gasteiger partial charge is 0.495 e. The molecule has 3 rings (SSSR count). The number of halogens is 1. The van der Waals surface area contributed by atoms with Crippen LogP contribution in [-0.4, -0.2) is 54.4 Å². The number of ether oxygens (including phenoxy) is 1. The molecule has 1 aromatic carbocycles. The minimum Gasteiger partial charge on any atom is -0.495 e. The average molecular weight is 390 g/mol. The standard InChI is InChI=1S/C19H24ClN5O2/c1-24(15-5-4-10-25(13-15)18-6-3-9-22-23-18)19(26)21-12-14-7-8-16(20)17(11-14)27-2/h3,6-9,11,15H,4-5,10,12-13H2,1-2H3,(H,21,26)/t15-/m1/s1. The molecular formula is C19H24ClN5O2. The molecule has 1 aliphatic rings. The van der Waals surface area contributed by atoms with Crippen molar-refractivity contribution < 1.29 is 9.53 Å². The van der Waals surface area contributed by atoms with Crippen LogP contribution in [0.1, 0.15) is 18.4 Å². The van der Waals surface area contributed by atoms with Crippen molar-refractivity contribution in [1.82, 2.24) is 20.4 Å². The van der Waals surface area contributed by atoms with Gasteiger partial charge in [-0.15, -0.1) is 5.10 Å². The monoisotopic (exact) mass is 389 g/mol. The van der Waals surface area contributed by atoms with Crippen LogP contribution in [0.25, 0.3) is 0 Å². The molecule has 0 saturated carbocycles. The first kappa shape index (κ1) is 19.2. The zero-order valence-electron chi connectivity index (χ0n) is 15.6. The molecule has 2 heterocycles.